The first-order chi connectivity index (χ1) is 16.0. The van der Waals surface area contributed by atoms with E-state index >= 15 is 0 Å². The maximum atomic E-state index is 10.0. The summed E-state index contributed by atoms with van der Waals surface area (Å²) in [5, 5.41) is 10.0. The van der Waals surface area contributed by atoms with E-state index in [-0.39, 0.29) is 31.2 Å². The van der Waals surface area contributed by atoms with Gasteiger partial charge in [-0.1, -0.05) is 26.7 Å². The smallest absolute Gasteiger partial charge is 0.147 e. The monoisotopic (exact) mass is 742 g/mol. The normalized spacial score (nSPS) is 13.3. The Balaban J connectivity index is 2.24. The molecule has 0 unspecified atom stereocenters. The summed E-state index contributed by atoms with van der Waals surface area (Å²) >= 11 is 20.5. The molecule has 9 heteroatoms. The van der Waals surface area contributed by atoms with Gasteiger partial charge in [-0.25, -0.2) is 0 Å². The molecule has 34 heavy (non-hydrogen) atoms. The molecular weight excluding hydrogens is 719 g/mol. The Morgan fingerprint density at radius 2 is 1.35 bits per heavy atom. The molecule has 0 heterocycles. The van der Waals surface area contributed by atoms with E-state index in [1.807, 2.05) is 19.1 Å². The van der Waals surface area contributed by atoms with Gasteiger partial charge in [0.15, 0.2) is 0 Å². The zero-order chi connectivity index (χ0) is 25.5. The summed E-state index contributed by atoms with van der Waals surface area (Å²) < 4.78 is 20.2. The molecule has 0 aliphatic rings. The molecule has 0 radical (unpaired) electrons. The number of ether oxygens (including phenoxy) is 3. The molecule has 0 fully saturated rings. The molecule has 2 atom stereocenters. The van der Waals surface area contributed by atoms with Crippen LogP contribution in [0, 0.1) is 18.3 Å². The second-order valence-electron chi connectivity index (χ2n) is 8.42. The lowest BCUT2D eigenvalue weighted by atomic mass is 9.78. The number of hydrogen-bond donors (Lipinski definition) is 1. The number of benzene rings is 2. The van der Waals surface area contributed by atoms with Gasteiger partial charge in [0.2, 0.25) is 0 Å². The first-order valence-corrected chi connectivity index (χ1v) is 14.2. The van der Waals surface area contributed by atoms with Crippen molar-refractivity contribution < 1.29 is 19.3 Å². The Hall–Kier alpha value is -0.270. The Morgan fingerprint density at radius 1 is 0.912 bits per heavy atom. The fraction of sp³-hybridized carbons (Fsp3) is 0.440. The average Bonchev–Trinajstić information content (AvgIpc) is 2.77. The molecule has 0 spiro atoms. The number of aliphatic hydroxyl groups is 1. The van der Waals surface area contributed by atoms with Gasteiger partial charge in [-0.2, -0.15) is 0 Å². The van der Waals surface area contributed by atoms with E-state index in [0.717, 1.165) is 34.8 Å². The molecule has 0 aromatic heterocycles. The largest absolute Gasteiger partial charge is 0.491 e. The summed E-state index contributed by atoms with van der Waals surface area (Å²) in [4.78, 5) is 0. The lowest BCUT2D eigenvalue weighted by Crippen LogP contribution is -2.24. The van der Waals surface area contributed by atoms with Crippen molar-refractivity contribution in [2.75, 3.05) is 32.3 Å². The predicted octanol–water partition coefficient (Wildman–Crippen LogP) is 7.71. The summed E-state index contributed by atoms with van der Waals surface area (Å²) in [6.07, 6.45) is 4.36. The van der Waals surface area contributed by atoms with Gasteiger partial charge in [0.1, 0.15) is 30.8 Å². The molecule has 0 saturated heterocycles. The van der Waals surface area contributed by atoms with Gasteiger partial charge in [0.25, 0.3) is 0 Å². The Bertz CT molecular complexity index is 976. The number of alkyl halides is 1. The highest BCUT2D eigenvalue weighted by Gasteiger charge is 2.27. The quantitative estimate of drug-likeness (QED) is 0.138. The topological polar surface area (TPSA) is 47.9 Å². The molecule has 0 aliphatic heterocycles. The lowest BCUT2D eigenvalue weighted by Gasteiger charge is -2.28. The van der Waals surface area contributed by atoms with Crippen LogP contribution in [0.4, 0.5) is 0 Å². The third-order valence-electron chi connectivity index (χ3n) is 5.13. The van der Waals surface area contributed by atoms with Gasteiger partial charge in [-0.05, 0) is 99.1 Å². The van der Waals surface area contributed by atoms with Crippen LogP contribution in [-0.2, 0) is 10.2 Å². The molecular formula is C25H27Br4ClO4. The van der Waals surface area contributed by atoms with E-state index in [1.165, 1.54) is 0 Å². The van der Waals surface area contributed by atoms with Crippen LogP contribution in [0.2, 0.25) is 0 Å². The number of aliphatic hydroxyl groups excluding tert-OH is 1. The first-order valence-electron chi connectivity index (χ1n) is 10.5. The third-order valence-corrected chi connectivity index (χ3v) is 8.01. The molecule has 2 rings (SSSR count). The molecule has 186 valence electrons. The van der Waals surface area contributed by atoms with Crippen LogP contribution in [0.5, 0.6) is 11.5 Å². The second kappa shape index (κ2) is 13.9. The van der Waals surface area contributed by atoms with E-state index in [1.54, 1.807) is 0 Å². The van der Waals surface area contributed by atoms with Gasteiger partial charge >= 0.3 is 0 Å². The molecule has 0 amide bonds. The second-order valence-corrected chi connectivity index (χ2v) is 12.1. The molecule has 2 aromatic rings. The van der Waals surface area contributed by atoms with Crippen molar-refractivity contribution in [3.8, 4) is 23.8 Å². The Labute approximate surface area is 240 Å². The summed E-state index contributed by atoms with van der Waals surface area (Å²) in [5.41, 5.74) is 1.83. The van der Waals surface area contributed by atoms with Crippen molar-refractivity contribution in [1.29, 1.82) is 0 Å². The highest BCUT2D eigenvalue weighted by atomic mass is 79.9. The lowest BCUT2D eigenvalue weighted by molar-refractivity contribution is 0.0225. The number of terminal acetylenes is 1. The number of halogens is 5. The van der Waals surface area contributed by atoms with Crippen molar-refractivity contribution in [1.82, 2.24) is 0 Å². The van der Waals surface area contributed by atoms with Gasteiger partial charge in [0.05, 0.1) is 31.1 Å². The van der Waals surface area contributed by atoms with Gasteiger partial charge in [-0.3, -0.25) is 0 Å². The molecule has 0 aliphatic carbocycles. The van der Waals surface area contributed by atoms with Crippen LogP contribution in [0.15, 0.2) is 42.2 Å². The molecule has 1 N–H and O–H groups in total. The molecule has 2 aromatic carbocycles. The minimum Gasteiger partial charge on any atom is -0.491 e. The summed E-state index contributed by atoms with van der Waals surface area (Å²) in [5.74, 6) is 4.53. The fourth-order valence-corrected chi connectivity index (χ4v) is 5.96. The van der Waals surface area contributed by atoms with E-state index in [9.17, 15) is 5.11 Å². The summed E-state index contributed by atoms with van der Waals surface area (Å²) in [6, 6.07) is 8.19. The SMILES string of the molecule is C#CCOC[C@@H](O)COc1c(Br)cc(C(C)(C)c2cc(Br)c(OC[C@H](C)CCl)c(Br)c2)cc1Br. The number of hydrogen-bond acceptors (Lipinski definition) is 4. The molecule has 0 saturated carbocycles. The minimum atomic E-state index is -0.786. The molecule has 0 bridgehead atoms. The maximum Gasteiger partial charge on any atom is 0.147 e. The minimum absolute atomic E-state index is 0.0776. The van der Waals surface area contributed by atoms with Crippen LogP contribution in [0.3, 0.4) is 0 Å². The first kappa shape index (κ1) is 30.0. The van der Waals surface area contributed by atoms with E-state index in [0.29, 0.717) is 18.2 Å². The van der Waals surface area contributed by atoms with Crippen molar-refractivity contribution in [3.05, 3.63) is 53.3 Å². The Kier molecular flexibility index (Phi) is 12.2. The zero-order valence-electron chi connectivity index (χ0n) is 19.1. The van der Waals surface area contributed by atoms with Crippen molar-refractivity contribution in [2.24, 2.45) is 5.92 Å². The van der Waals surface area contributed by atoms with E-state index in [4.69, 9.17) is 32.2 Å². The summed E-state index contributed by atoms with van der Waals surface area (Å²) in [7, 11) is 0. The summed E-state index contributed by atoms with van der Waals surface area (Å²) in [6.45, 7) is 7.23. The van der Waals surface area contributed by atoms with E-state index in [2.05, 4.69) is 95.6 Å². The van der Waals surface area contributed by atoms with Gasteiger partial charge < -0.3 is 19.3 Å². The highest BCUT2D eigenvalue weighted by molar-refractivity contribution is 9.11. The van der Waals surface area contributed by atoms with Gasteiger partial charge in [0, 0.05) is 17.2 Å². The molecule has 4 nitrogen and oxygen atoms in total. The number of rotatable bonds is 12. The van der Waals surface area contributed by atoms with Crippen LogP contribution in [-0.4, -0.2) is 43.5 Å². The zero-order valence-corrected chi connectivity index (χ0v) is 26.2. The predicted molar refractivity (Wildman–Crippen MR) is 152 cm³/mol. The highest BCUT2D eigenvalue weighted by Crippen LogP contribution is 2.44. The average molecular weight is 747 g/mol. The Morgan fingerprint density at radius 3 is 1.76 bits per heavy atom. The van der Waals surface area contributed by atoms with Crippen molar-refractivity contribution in [2.45, 2.75) is 32.3 Å². The fourth-order valence-electron chi connectivity index (χ4n) is 3.04. The van der Waals surface area contributed by atoms with Crippen LogP contribution >= 0.6 is 75.3 Å². The van der Waals surface area contributed by atoms with Crippen LogP contribution in [0.1, 0.15) is 31.9 Å². The third kappa shape index (κ3) is 8.12. The van der Waals surface area contributed by atoms with E-state index < -0.39 is 6.10 Å². The van der Waals surface area contributed by atoms with Crippen LogP contribution in [0.25, 0.3) is 0 Å². The van der Waals surface area contributed by atoms with Crippen molar-refractivity contribution in [3.63, 3.8) is 0 Å². The van der Waals surface area contributed by atoms with Crippen molar-refractivity contribution >= 4 is 75.3 Å². The van der Waals surface area contributed by atoms with Crippen LogP contribution < -0.4 is 9.47 Å². The van der Waals surface area contributed by atoms with Gasteiger partial charge in [-0.15, -0.1) is 18.0 Å². The maximum absolute atomic E-state index is 10.0. The standard InChI is InChI=1S/C25H27Br4ClO4/c1-5-6-32-13-18(31)14-34-24-21(28)9-17(10-22(24)29)25(3,4)16-7-19(26)23(20(27)8-16)33-12-15(2)11-30/h1,7-10,15,18,31H,6,11-14H2,2-4H3/t15-,18-/m1/s1.